The monoisotopic (exact) mass is 453 g/mol. The predicted octanol–water partition coefficient (Wildman–Crippen LogP) is 5.93. The molecule has 0 spiro atoms. The van der Waals surface area contributed by atoms with E-state index in [-0.39, 0.29) is 11.6 Å². The molecule has 0 saturated heterocycles. The number of rotatable bonds is 6. The third-order valence-corrected chi connectivity index (χ3v) is 5.13. The van der Waals surface area contributed by atoms with Crippen molar-refractivity contribution in [3.8, 4) is 11.5 Å². The first-order valence-corrected chi connectivity index (χ1v) is 10.1. The van der Waals surface area contributed by atoms with Crippen LogP contribution in [0, 0.1) is 0 Å². The van der Waals surface area contributed by atoms with Crippen LogP contribution in [0.5, 0.6) is 11.5 Å². The lowest BCUT2D eigenvalue weighted by atomic mass is 10.1. The van der Waals surface area contributed by atoms with E-state index in [0.29, 0.717) is 39.3 Å². The summed E-state index contributed by atoms with van der Waals surface area (Å²) in [5, 5.41) is 1.17. The Hall–Kier alpha value is -3.28. The van der Waals surface area contributed by atoms with Crippen LogP contribution >= 0.6 is 23.2 Å². The fourth-order valence-electron chi connectivity index (χ4n) is 2.98. The van der Waals surface area contributed by atoms with E-state index in [1.54, 1.807) is 55.7 Å². The maximum absolute atomic E-state index is 12.3. The molecule has 31 heavy (non-hydrogen) atoms. The standard InChI is InChI=1S/C24H17Cl2NO4/c1-29-22-12-15(9-10-21(22)30-14-17-5-2-3-8-19(17)26)11-20-24(28)31-23(27-20)16-6-4-7-18(25)13-16/h2-13H,14H2,1H3. The van der Waals surface area contributed by atoms with E-state index in [0.717, 1.165) is 5.56 Å². The van der Waals surface area contributed by atoms with E-state index in [4.69, 9.17) is 37.4 Å². The highest BCUT2D eigenvalue weighted by molar-refractivity contribution is 6.31. The van der Waals surface area contributed by atoms with Crippen molar-refractivity contribution in [1.29, 1.82) is 0 Å². The molecule has 1 heterocycles. The number of cyclic esters (lactones) is 1. The van der Waals surface area contributed by atoms with Gasteiger partial charge in [0.05, 0.1) is 7.11 Å². The molecule has 5 nitrogen and oxygen atoms in total. The number of hydrogen-bond acceptors (Lipinski definition) is 5. The third-order valence-electron chi connectivity index (χ3n) is 4.52. The number of ether oxygens (including phenoxy) is 3. The van der Waals surface area contributed by atoms with Crippen LogP contribution in [0.1, 0.15) is 16.7 Å². The minimum Gasteiger partial charge on any atom is -0.493 e. The molecule has 0 N–H and O–H groups in total. The van der Waals surface area contributed by atoms with Crippen LogP contribution in [0.25, 0.3) is 6.08 Å². The summed E-state index contributed by atoms with van der Waals surface area (Å²) in [7, 11) is 1.55. The molecule has 0 fully saturated rings. The smallest absolute Gasteiger partial charge is 0.363 e. The van der Waals surface area contributed by atoms with Gasteiger partial charge in [0.1, 0.15) is 6.61 Å². The lowest BCUT2D eigenvalue weighted by Crippen LogP contribution is -2.05. The molecule has 3 aromatic rings. The molecule has 156 valence electrons. The number of carbonyl (C=O) groups is 1. The summed E-state index contributed by atoms with van der Waals surface area (Å²) >= 11 is 12.2. The van der Waals surface area contributed by atoms with Gasteiger partial charge in [-0.2, -0.15) is 0 Å². The first-order valence-electron chi connectivity index (χ1n) is 9.36. The van der Waals surface area contributed by atoms with Gasteiger partial charge >= 0.3 is 5.97 Å². The van der Waals surface area contributed by atoms with E-state index < -0.39 is 5.97 Å². The first kappa shape index (κ1) is 21.0. The highest BCUT2D eigenvalue weighted by atomic mass is 35.5. The van der Waals surface area contributed by atoms with E-state index in [9.17, 15) is 4.79 Å². The normalized spacial score (nSPS) is 14.4. The van der Waals surface area contributed by atoms with Gasteiger partial charge in [0, 0.05) is 21.2 Å². The van der Waals surface area contributed by atoms with Crippen LogP contribution in [0.2, 0.25) is 10.0 Å². The van der Waals surface area contributed by atoms with Crippen molar-refractivity contribution in [3.05, 3.63) is 99.2 Å². The van der Waals surface area contributed by atoms with Gasteiger partial charge in [-0.05, 0) is 48.0 Å². The van der Waals surface area contributed by atoms with Crippen molar-refractivity contribution in [2.45, 2.75) is 6.61 Å². The molecule has 0 bridgehead atoms. The third kappa shape index (κ3) is 4.90. The van der Waals surface area contributed by atoms with Gasteiger partial charge in [0.15, 0.2) is 17.2 Å². The second kappa shape index (κ2) is 9.25. The zero-order chi connectivity index (χ0) is 21.8. The average molecular weight is 454 g/mol. The molecule has 3 aromatic carbocycles. The number of aliphatic imine (C=N–C) groups is 1. The number of halogens is 2. The van der Waals surface area contributed by atoms with Gasteiger partial charge in [-0.3, -0.25) is 0 Å². The molecule has 0 radical (unpaired) electrons. The van der Waals surface area contributed by atoms with Gasteiger partial charge in [-0.25, -0.2) is 9.79 Å². The zero-order valence-corrected chi connectivity index (χ0v) is 18.0. The Bertz CT molecular complexity index is 1200. The van der Waals surface area contributed by atoms with Crippen molar-refractivity contribution in [2.75, 3.05) is 7.11 Å². The largest absolute Gasteiger partial charge is 0.493 e. The van der Waals surface area contributed by atoms with E-state index >= 15 is 0 Å². The summed E-state index contributed by atoms with van der Waals surface area (Å²) in [4.78, 5) is 16.6. The van der Waals surface area contributed by atoms with Gasteiger partial charge in [-0.1, -0.05) is 53.5 Å². The number of hydrogen-bond donors (Lipinski definition) is 0. The summed E-state index contributed by atoms with van der Waals surface area (Å²) < 4.78 is 16.6. The van der Waals surface area contributed by atoms with Gasteiger partial charge in [0.2, 0.25) is 5.90 Å². The van der Waals surface area contributed by atoms with E-state index in [1.165, 1.54) is 0 Å². The maximum Gasteiger partial charge on any atom is 0.363 e. The number of nitrogens with zero attached hydrogens (tertiary/aromatic N) is 1. The molecule has 0 saturated carbocycles. The van der Waals surface area contributed by atoms with Crippen molar-refractivity contribution in [3.63, 3.8) is 0 Å². The molecule has 1 aliphatic heterocycles. The molecule has 0 aromatic heterocycles. The van der Waals surface area contributed by atoms with Crippen molar-refractivity contribution < 1.29 is 19.0 Å². The van der Waals surface area contributed by atoms with Crippen LogP contribution in [-0.4, -0.2) is 19.0 Å². The van der Waals surface area contributed by atoms with E-state index in [1.807, 2.05) is 24.3 Å². The second-order valence-electron chi connectivity index (χ2n) is 6.64. The topological polar surface area (TPSA) is 57.1 Å². The first-order chi connectivity index (χ1) is 15.0. The lowest BCUT2D eigenvalue weighted by Gasteiger charge is -2.12. The number of esters is 1. The molecule has 0 atom stereocenters. The Morgan fingerprint density at radius 1 is 1.00 bits per heavy atom. The SMILES string of the molecule is COc1cc(C=C2N=C(c3cccc(Cl)c3)OC2=O)ccc1OCc1ccccc1Cl. The van der Waals surface area contributed by atoms with Gasteiger partial charge in [-0.15, -0.1) is 0 Å². The maximum atomic E-state index is 12.3. The summed E-state index contributed by atoms with van der Waals surface area (Å²) in [5.74, 6) is 0.756. The Labute approximate surface area is 189 Å². The fourth-order valence-corrected chi connectivity index (χ4v) is 3.36. The Kier molecular flexibility index (Phi) is 6.26. The highest BCUT2D eigenvalue weighted by Gasteiger charge is 2.24. The Morgan fingerprint density at radius 2 is 1.84 bits per heavy atom. The molecular formula is C24H17Cl2NO4. The summed E-state index contributed by atoms with van der Waals surface area (Å²) in [5.41, 5.74) is 2.39. The molecule has 7 heteroatoms. The summed E-state index contributed by atoms with van der Waals surface area (Å²) in [6.45, 7) is 0.302. The average Bonchev–Trinajstić information content (AvgIpc) is 3.14. The van der Waals surface area contributed by atoms with Crippen molar-refractivity contribution >= 4 is 41.1 Å². The molecule has 4 rings (SSSR count). The van der Waals surface area contributed by atoms with Crippen molar-refractivity contribution in [1.82, 2.24) is 0 Å². The second-order valence-corrected chi connectivity index (χ2v) is 7.48. The number of benzene rings is 3. The molecule has 0 amide bonds. The fraction of sp³-hybridized carbons (Fsp3) is 0.0833. The molecular weight excluding hydrogens is 437 g/mol. The minimum absolute atomic E-state index is 0.182. The van der Waals surface area contributed by atoms with Crippen LogP contribution in [0.3, 0.4) is 0 Å². The minimum atomic E-state index is -0.534. The van der Waals surface area contributed by atoms with Gasteiger partial charge < -0.3 is 14.2 Å². The Morgan fingerprint density at radius 3 is 2.61 bits per heavy atom. The van der Waals surface area contributed by atoms with Crippen molar-refractivity contribution in [2.24, 2.45) is 4.99 Å². The van der Waals surface area contributed by atoms with Crippen LogP contribution in [0.15, 0.2) is 77.4 Å². The summed E-state index contributed by atoms with van der Waals surface area (Å²) in [6.07, 6.45) is 1.63. The molecule has 0 aliphatic carbocycles. The van der Waals surface area contributed by atoms with Crippen LogP contribution in [-0.2, 0) is 16.1 Å². The number of methoxy groups -OCH3 is 1. The quantitative estimate of drug-likeness (QED) is 0.343. The van der Waals surface area contributed by atoms with Crippen LogP contribution < -0.4 is 9.47 Å². The zero-order valence-electron chi connectivity index (χ0n) is 16.5. The van der Waals surface area contributed by atoms with Gasteiger partial charge in [0.25, 0.3) is 0 Å². The van der Waals surface area contributed by atoms with Crippen LogP contribution in [0.4, 0.5) is 0 Å². The van der Waals surface area contributed by atoms with E-state index in [2.05, 4.69) is 4.99 Å². The Balaban J connectivity index is 1.55. The summed E-state index contributed by atoms with van der Waals surface area (Å²) in [6, 6.07) is 19.8. The lowest BCUT2D eigenvalue weighted by molar-refractivity contribution is -0.129. The molecule has 1 aliphatic rings. The molecule has 0 unspecified atom stereocenters. The highest BCUT2D eigenvalue weighted by Crippen LogP contribution is 2.31. The number of carbonyl (C=O) groups excluding carboxylic acids is 1. The predicted molar refractivity (Wildman–Crippen MR) is 121 cm³/mol.